The van der Waals surface area contributed by atoms with Crippen molar-refractivity contribution in [2.75, 3.05) is 26.9 Å². The van der Waals surface area contributed by atoms with Crippen LogP contribution in [0.1, 0.15) is 45.2 Å². The standard InChI is InChI=1S/C21H24ClNO6S/c1-4-9-28-20-16(22)10-14(11-18(20)27-3)21(26)29-12-17(25)19-6-5-15(30-19)7-8-23-13(2)24/h5-6,10-11H,4,7-9,12H2,1-3H3,(H,23,24). The predicted octanol–water partition coefficient (Wildman–Crippen LogP) is 3.92. The Hall–Kier alpha value is -2.58. The SMILES string of the molecule is CCCOc1c(Cl)cc(C(=O)OCC(=O)c2ccc(CCNC(C)=O)s2)cc1OC. The van der Waals surface area contributed by atoms with Crippen LogP contribution in [-0.4, -0.2) is 44.5 Å². The fourth-order valence-corrected chi connectivity index (χ4v) is 3.69. The predicted molar refractivity (Wildman–Crippen MR) is 115 cm³/mol. The van der Waals surface area contributed by atoms with Crippen LogP contribution in [-0.2, 0) is 16.0 Å². The van der Waals surface area contributed by atoms with Crippen LogP contribution in [0.5, 0.6) is 11.5 Å². The van der Waals surface area contributed by atoms with Crippen LogP contribution < -0.4 is 14.8 Å². The van der Waals surface area contributed by atoms with Crippen LogP contribution in [0, 0.1) is 0 Å². The monoisotopic (exact) mass is 453 g/mol. The number of ketones is 1. The molecular weight excluding hydrogens is 430 g/mol. The lowest BCUT2D eigenvalue weighted by atomic mass is 10.2. The Labute approximate surface area is 184 Å². The second-order valence-corrected chi connectivity index (χ2v) is 7.91. The molecule has 30 heavy (non-hydrogen) atoms. The van der Waals surface area contributed by atoms with E-state index in [4.69, 9.17) is 25.8 Å². The molecule has 0 aliphatic rings. The lowest BCUT2D eigenvalue weighted by Gasteiger charge is -2.13. The molecule has 0 aliphatic carbocycles. The van der Waals surface area contributed by atoms with Crippen LogP contribution in [0.25, 0.3) is 0 Å². The molecule has 7 nitrogen and oxygen atoms in total. The first-order chi connectivity index (χ1) is 14.3. The van der Waals surface area contributed by atoms with Gasteiger partial charge in [0.1, 0.15) is 0 Å². The summed E-state index contributed by atoms with van der Waals surface area (Å²) in [5.41, 5.74) is 0.163. The van der Waals surface area contributed by atoms with Crippen molar-refractivity contribution < 1.29 is 28.6 Å². The van der Waals surface area contributed by atoms with Crippen LogP contribution >= 0.6 is 22.9 Å². The van der Waals surface area contributed by atoms with Gasteiger partial charge >= 0.3 is 5.97 Å². The number of carbonyl (C=O) groups is 3. The number of Topliss-reactive ketones (excluding diaryl/α,β-unsaturated/α-hetero) is 1. The minimum absolute atomic E-state index is 0.100. The largest absolute Gasteiger partial charge is 0.493 e. The summed E-state index contributed by atoms with van der Waals surface area (Å²) < 4.78 is 16.0. The third-order valence-corrected chi connectivity index (χ3v) is 5.40. The normalized spacial score (nSPS) is 10.4. The molecule has 162 valence electrons. The van der Waals surface area contributed by atoms with Gasteiger partial charge in [0.05, 0.1) is 29.2 Å². The lowest BCUT2D eigenvalue weighted by molar-refractivity contribution is -0.118. The van der Waals surface area contributed by atoms with E-state index in [-0.39, 0.29) is 22.3 Å². The molecule has 0 saturated carbocycles. The molecule has 2 aromatic rings. The molecule has 1 aromatic carbocycles. The molecular formula is C21H24ClNO6S. The number of esters is 1. The number of ether oxygens (including phenoxy) is 3. The Bertz CT molecular complexity index is 911. The number of hydrogen-bond donors (Lipinski definition) is 1. The van der Waals surface area contributed by atoms with Gasteiger partial charge in [0.25, 0.3) is 0 Å². The maximum absolute atomic E-state index is 12.4. The molecule has 0 bridgehead atoms. The molecule has 1 aromatic heterocycles. The molecule has 1 amide bonds. The van der Waals surface area contributed by atoms with E-state index >= 15 is 0 Å². The Morgan fingerprint density at radius 2 is 1.97 bits per heavy atom. The zero-order valence-corrected chi connectivity index (χ0v) is 18.7. The maximum atomic E-state index is 12.4. The highest BCUT2D eigenvalue weighted by Gasteiger charge is 2.18. The summed E-state index contributed by atoms with van der Waals surface area (Å²) in [7, 11) is 1.45. The summed E-state index contributed by atoms with van der Waals surface area (Å²) >= 11 is 7.52. The van der Waals surface area contributed by atoms with Gasteiger partial charge < -0.3 is 19.5 Å². The van der Waals surface area contributed by atoms with Gasteiger partial charge in [-0.15, -0.1) is 11.3 Å². The average Bonchev–Trinajstić information content (AvgIpc) is 3.19. The number of halogens is 1. The van der Waals surface area contributed by atoms with Crippen LogP contribution in [0.2, 0.25) is 5.02 Å². The molecule has 0 radical (unpaired) electrons. The summed E-state index contributed by atoms with van der Waals surface area (Å²) in [6.07, 6.45) is 1.42. The first-order valence-corrected chi connectivity index (χ1v) is 10.6. The zero-order valence-electron chi connectivity index (χ0n) is 17.1. The second-order valence-electron chi connectivity index (χ2n) is 6.34. The fourth-order valence-electron chi connectivity index (χ4n) is 2.49. The van der Waals surface area contributed by atoms with Crippen molar-refractivity contribution in [3.05, 3.63) is 44.6 Å². The number of rotatable bonds is 11. The van der Waals surface area contributed by atoms with Gasteiger partial charge in [-0.05, 0) is 37.1 Å². The van der Waals surface area contributed by atoms with Gasteiger partial charge in [0, 0.05) is 18.3 Å². The molecule has 0 saturated heterocycles. The van der Waals surface area contributed by atoms with Crippen molar-refractivity contribution in [3.63, 3.8) is 0 Å². The summed E-state index contributed by atoms with van der Waals surface area (Å²) in [4.78, 5) is 37.0. The number of carbonyl (C=O) groups excluding carboxylic acids is 3. The Morgan fingerprint density at radius 1 is 1.20 bits per heavy atom. The van der Waals surface area contributed by atoms with E-state index in [0.29, 0.717) is 35.9 Å². The van der Waals surface area contributed by atoms with Crippen LogP contribution in [0.4, 0.5) is 0 Å². The minimum atomic E-state index is -0.687. The minimum Gasteiger partial charge on any atom is -0.493 e. The van der Waals surface area contributed by atoms with E-state index in [0.717, 1.165) is 11.3 Å². The van der Waals surface area contributed by atoms with Crippen molar-refractivity contribution >= 4 is 40.6 Å². The lowest BCUT2D eigenvalue weighted by Crippen LogP contribution is -2.22. The number of methoxy groups -OCH3 is 1. The number of hydrogen-bond acceptors (Lipinski definition) is 7. The topological polar surface area (TPSA) is 90.9 Å². The van der Waals surface area contributed by atoms with E-state index in [1.165, 1.54) is 37.5 Å². The zero-order chi connectivity index (χ0) is 22.1. The summed E-state index contributed by atoms with van der Waals surface area (Å²) in [5, 5.41) is 2.93. The highest BCUT2D eigenvalue weighted by Crippen LogP contribution is 2.36. The third kappa shape index (κ3) is 6.74. The molecule has 0 spiro atoms. The van der Waals surface area contributed by atoms with Crippen LogP contribution in [0.3, 0.4) is 0 Å². The number of thiophene rings is 1. The van der Waals surface area contributed by atoms with Gasteiger partial charge in [0.15, 0.2) is 18.1 Å². The highest BCUT2D eigenvalue weighted by atomic mass is 35.5. The Balaban J connectivity index is 1.96. The van der Waals surface area contributed by atoms with Gasteiger partial charge in [-0.25, -0.2) is 4.79 Å². The molecule has 0 atom stereocenters. The van der Waals surface area contributed by atoms with Crippen molar-refractivity contribution in [3.8, 4) is 11.5 Å². The van der Waals surface area contributed by atoms with E-state index < -0.39 is 12.6 Å². The van der Waals surface area contributed by atoms with E-state index in [1.807, 2.05) is 13.0 Å². The third-order valence-electron chi connectivity index (χ3n) is 3.93. The van der Waals surface area contributed by atoms with Gasteiger partial charge in [-0.2, -0.15) is 0 Å². The number of amides is 1. The first-order valence-electron chi connectivity index (χ1n) is 9.39. The van der Waals surface area contributed by atoms with Crippen molar-refractivity contribution in [1.82, 2.24) is 5.32 Å². The highest BCUT2D eigenvalue weighted by molar-refractivity contribution is 7.14. The smallest absolute Gasteiger partial charge is 0.338 e. The molecule has 9 heteroatoms. The Morgan fingerprint density at radius 3 is 2.63 bits per heavy atom. The molecule has 1 heterocycles. The molecule has 0 fully saturated rings. The van der Waals surface area contributed by atoms with E-state index in [9.17, 15) is 14.4 Å². The molecule has 0 aliphatic heterocycles. The first kappa shape index (κ1) is 23.7. The number of nitrogens with one attached hydrogen (secondary N) is 1. The van der Waals surface area contributed by atoms with E-state index in [2.05, 4.69) is 5.32 Å². The van der Waals surface area contributed by atoms with E-state index in [1.54, 1.807) is 6.07 Å². The maximum Gasteiger partial charge on any atom is 0.338 e. The van der Waals surface area contributed by atoms with Gasteiger partial charge in [-0.3, -0.25) is 9.59 Å². The molecule has 1 N–H and O–H groups in total. The van der Waals surface area contributed by atoms with Crippen molar-refractivity contribution in [1.29, 1.82) is 0 Å². The van der Waals surface area contributed by atoms with Gasteiger partial charge in [0.2, 0.25) is 11.7 Å². The average molecular weight is 454 g/mol. The number of benzene rings is 1. The molecule has 2 rings (SSSR count). The quantitative estimate of drug-likeness (QED) is 0.409. The Kier molecular flexibility index (Phi) is 9.14. The summed E-state index contributed by atoms with van der Waals surface area (Å²) in [6.45, 7) is 3.98. The fraction of sp³-hybridized carbons (Fsp3) is 0.381. The molecule has 0 unspecified atom stereocenters. The van der Waals surface area contributed by atoms with Crippen LogP contribution in [0.15, 0.2) is 24.3 Å². The van der Waals surface area contributed by atoms with Gasteiger partial charge in [-0.1, -0.05) is 18.5 Å². The van der Waals surface area contributed by atoms with Crippen molar-refractivity contribution in [2.45, 2.75) is 26.7 Å². The second kappa shape index (κ2) is 11.6. The summed E-state index contributed by atoms with van der Waals surface area (Å²) in [6, 6.07) is 6.40. The summed E-state index contributed by atoms with van der Waals surface area (Å²) in [5.74, 6) is -0.417. The van der Waals surface area contributed by atoms with Crippen molar-refractivity contribution in [2.24, 2.45) is 0 Å².